The number of urea groups is 1. The predicted octanol–water partition coefficient (Wildman–Crippen LogP) is 5.66. The zero-order chi connectivity index (χ0) is 24.4. The Bertz CT molecular complexity index is 1420. The lowest BCUT2D eigenvalue weighted by molar-refractivity contribution is -0.138. The van der Waals surface area contributed by atoms with Gasteiger partial charge < -0.3 is 19.9 Å². The van der Waals surface area contributed by atoms with Crippen molar-refractivity contribution in [2.75, 3.05) is 6.61 Å². The van der Waals surface area contributed by atoms with Crippen molar-refractivity contribution in [1.82, 2.24) is 15.2 Å². The van der Waals surface area contributed by atoms with Gasteiger partial charge in [-0.05, 0) is 31.0 Å². The second-order valence-corrected chi connectivity index (χ2v) is 8.30. The summed E-state index contributed by atoms with van der Waals surface area (Å²) in [6.45, 7) is 4.84. The fraction of sp³-hybridized carbons (Fsp3) is 0.172. The quantitative estimate of drug-likeness (QED) is 0.361. The van der Waals surface area contributed by atoms with E-state index in [1.54, 1.807) is 6.92 Å². The maximum absolute atomic E-state index is 13.5. The molecular weight excluding hydrogens is 438 g/mol. The van der Waals surface area contributed by atoms with E-state index < -0.39 is 12.0 Å². The molecule has 3 aromatic carbocycles. The van der Waals surface area contributed by atoms with Crippen LogP contribution in [0.4, 0.5) is 4.79 Å². The van der Waals surface area contributed by atoms with E-state index in [9.17, 15) is 9.59 Å². The second kappa shape index (κ2) is 9.50. The Hall–Kier alpha value is -4.32. The smallest absolute Gasteiger partial charge is 0.338 e. The molecule has 2 N–H and O–H groups in total. The number of benzene rings is 3. The van der Waals surface area contributed by atoms with Gasteiger partial charge in [0, 0.05) is 23.0 Å². The van der Waals surface area contributed by atoms with Crippen LogP contribution < -0.4 is 10.6 Å². The van der Waals surface area contributed by atoms with E-state index in [1.807, 2.05) is 66.7 Å². The Morgan fingerprint density at radius 3 is 2.17 bits per heavy atom. The molecule has 1 unspecified atom stereocenters. The molecule has 0 saturated carbocycles. The van der Waals surface area contributed by atoms with Crippen LogP contribution in [0.2, 0.25) is 0 Å². The van der Waals surface area contributed by atoms with Crippen molar-refractivity contribution < 1.29 is 14.3 Å². The molecule has 2 heterocycles. The molecule has 1 atom stereocenters. The molecule has 0 bridgehead atoms. The highest BCUT2D eigenvalue weighted by Gasteiger charge is 2.38. The molecule has 0 spiro atoms. The molecule has 35 heavy (non-hydrogen) atoms. The number of hydrogen-bond donors (Lipinski definition) is 2. The van der Waals surface area contributed by atoms with Gasteiger partial charge in [0.2, 0.25) is 0 Å². The minimum absolute atomic E-state index is 0.229. The van der Waals surface area contributed by atoms with E-state index in [4.69, 9.17) is 4.74 Å². The van der Waals surface area contributed by atoms with Crippen LogP contribution in [0, 0.1) is 0 Å². The third kappa shape index (κ3) is 3.97. The third-order valence-corrected chi connectivity index (χ3v) is 6.29. The minimum Gasteiger partial charge on any atom is -0.463 e. The molecule has 0 saturated heterocycles. The molecular formula is C29H27N3O3. The molecule has 2 amide bonds. The van der Waals surface area contributed by atoms with Gasteiger partial charge in [-0.25, -0.2) is 9.59 Å². The maximum Gasteiger partial charge on any atom is 0.338 e. The Kier molecular flexibility index (Phi) is 6.10. The Morgan fingerprint density at radius 1 is 0.886 bits per heavy atom. The van der Waals surface area contributed by atoms with Gasteiger partial charge >= 0.3 is 12.0 Å². The number of carbonyl (C=O) groups is 2. The van der Waals surface area contributed by atoms with Crippen molar-refractivity contribution >= 4 is 28.6 Å². The zero-order valence-electron chi connectivity index (χ0n) is 19.7. The lowest BCUT2D eigenvalue weighted by atomic mass is 9.89. The topological polar surface area (TPSA) is 72.4 Å². The monoisotopic (exact) mass is 465 g/mol. The summed E-state index contributed by atoms with van der Waals surface area (Å²) in [5, 5.41) is 6.89. The number of carbonyl (C=O) groups excluding carboxylic acids is 2. The number of esters is 1. The Balaban J connectivity index is 1.86. The van der Waals surface area contributed by atoms with Gasteiger partial charge in [-0.3, -0.25) is 0 Å². The van der Waals surface area contributed by atoms with Gasteiger partial charge in [0.15, 0.2) is 0 Å². The fourth-order valence-corrected chi connectivity index (χ4v) is 4.90. The van der Waals surface area contributed by atoms with Gasteiger partial charge in [-0.15, -0.1) is 0 Å². The molecule has 5 rings (SSSR count). The second-order valence-electron chi connectivity index (χ2n) is 8.30. The molecule has 0 radical (unpaired) electrons. The summed E-state index contributed by atoms with van der Waals surface area (Å²) in [7, 11) is 0. The fourth-order valence-electron chi connectivity index (χ4n) is 4.90. The minimum atomic E-state index is -0.703. The third-order valence-electron chi connectivity index (χ3n) is 6.29. The first-order chi connectivity index (χ1) is 17.1. The van der Waals surface area contributed by atoms with Crippen LogP contribution in [-0.2, 0) is 16.1 Å². The van der Waals surface area contributed by atoms with E-state index in [0.717, 1.165) is 39.8 Å². The van der Waals surface area contributed by atoms with Gasteiger partial charge in [0.1, 0.15) is 0 Å². The van der Waals surface area contributed by atoms with Crippen molar-refractivity contribution in [3.8, 4) is 11.3 Å². The number of aryl methyl sites for hydroxylation is 1. The normalized spacial score (nSPS) is 15.6. The standard InChI is InChI=1S/C29H27N3O3/c1-3-32-22-18-12-11-17-21(22)23(27(32)20-15-9-6-10-16-20)26-24(28(33)35-4-2)25(30-29(34)31-26)19-13-7-5-8-14-19/h5-18,26H,3-4H2,1-2H3,(H2,30,31,34). The van der Waals surface area contributed by atoms with Crippen LogP contribution in [0.25, 0.3) is 27.9 Å². The molecule has 4 aromatic rings. The van der Waals surface area contributed by atoms with E-state index in [0.29, 0.717) is 11.3 Å². The number of fused-ring (bicyclic) bond motifs is 1. The first kappa shape index (κ1) is 22.5. The summed E-state index contributed by atoms with van der Waals surface area (Å²) < 4.78 is 7.75. The van der Waals surface area contributed by atoms with Crippen molar-refractivity contribution in [3.63, 3.8) is 0 Å². The molecule has 0 aliphatic carbocycles. The summed E-state index contributed by atoms with van der Waals surface area (Å²) >= 11 is 0. The number of amides is 2. The number of hydrogen-bond acceptors (Lipinski definition) is 3. The Labute approximate surface area is 204 Å². The number of para-hydroxylation sites is 1. The summed E-state index contributed by atoms with van der Waals surface area (Å²) in [5.74, 6) is -0.462. The van der Waals surface area contributed by atoms with E-state index in [2.05, 4.69) is 40.3 Å². The molecule has 6 nitrogen and oxygen atoms in total. The summed E-state index contributed by atoms with van der Waals surface area (Å²) in [6, 6.07) is 26.5. The largest absolute Gasteiger partial charge is 0.463 e. The van der Waals surface area contributed by atoms with E-state index in [-0.39, 0.29) is 12.6 Å². The average Bonchev–Trinajstić information content (AvgIpc) is 3.23. The maximum atomic E-state index is 13.5. The van der Waals surface area contributed by atoms with E-state index >= 15 is 0 Å². The molecule has 6 heteroatoms. The van der Waals surface area contributed by atoms with Crippen molar-refractivity contribution in [3.05, 3.63) is 102 Å². The van der Waals surface area contributed by atoms with Gasteiger partial charge in [0.05, 0.1) is 29.6 Å². The van der Waals surface area contributed by atoms with Crippen LogP contribution in [-0.4, -0.2) is 23.2 Å². The van der Waals surface area contributed by atoms with Crippen molar-refractivity contribution in [2.24, 2.45) is 0 Å². The van der Waals surface area contributed by atoms with Crippen LogP contribution >= 0.6 is 0 Å². The summed E-state index contributed by atoms with van der Waals surface area (Å²) in [5.41, 5.74) is 5.49. The lowest BCUT2D eigenvalue weighted by Crippen LogP contribution is -2.45. The van der Waals surface area contributed by atoms with Crippen molar-refractivity contribution in [2.45, 2.75) is 26.4 Å². The number of nitrogens with zero attached hydrogens (tertiary/aromatic N) is 1. The molecule has 1 aliphatic rings. The first-order valence-electron chi connectivity index (χ1n) is 11.8. The van der Waals surface area contributed by atoms with Crippen LogP contribution in [0.1, 0.15) is 31.0 Å². The van der Waals surface area contributed by atoms with E-state index in [1.165, 1.54) is 0 Å². The highest BCUT2D eigenvalue weighted by atomic mass is 16.5. The number of aromatic nitrogens is 1. The number of ether oxygens (including phenoxy) is 1. The van der Waals surface area contributed by atoms with Gasteiger partial charge in [-0.2, -0.15) is 0 Å². The lowest BCUT2D eigenvalue weighted by Gasteiger charge is -2.30. The molecule has 1 aliphatic heterocycles. The van der Waals surface area contributed by atoms with Gasteiger partial charge in [-0.1, -0.05) is 78.9 Å². The summed E-state index contributed by atoms with van der Waals surface area (Å²) in [4.78, 5) is 26.5. The SMILES string of the molecule is CCOC(=O)C1=C(c2ccccc2)NC(=O)NC1c1c(-c2ccccc2)n(CC)c2ccccc12. The van der Waals surface area contributed by atoms with Gasteiger partial charge in [0.25, 0.3) is 0 Å². The van der Waals surface area contributed by atoms with Crippen LogP contribution in [0.5, 0.6) is 0 Å². The zero-order valence-corrected chi connectivity index (χ0v) is 19.7. The highest BCUT2D eigenvalue weighted by Crippen LogP contribution is 2.42. The van der Waals surface area contributed by atoms with Crippen LogP contribution in [0.15, 0.2) is 90.5 Å². The highest BCUT2D eigenvalue weighted by molar-refractivity contribution is 6.06. The average molecular weight is 466 g/mol. The predicted molar refractivity (Wildman–Crippen MR) is 137 cm³/mol. The number of rotatable bonds is 6. The Morgan fingerprint density at radius 2 is 1.51 bits per heavy atom. The van der Waals surface area contributed by atoms with Crippen LogP contribution in [0.3, 0.4) is 0 Å². The molecule has 0 fully saturated rings. The molecule has 176 valence electrons. The molecule has 1 aromatic heterocycles. The first-order valence-corrected chi connectivity index (χ1v) is 11.8. The van der Waals surface area contributed by atoms with Crippen molar-refractivity contribution in [1.29, 1.82) is 0 Å². The summed E-state index contributed by atoms with van der Waals surface area (Å²) in [6.07, 6.45) is 0. The number of nitrogens with one attached hydrogen (secondary N) is 2.